The molecule has 3 N–H and O–H groups in total. The summed E-state index contributed by atoms with van der Waals surface area (Å²) in [6.45, 7) is 0.0912. The fourth-order valence-corrected chi connectivity index (χ4v) is 3.63. The lowest BCUT2D eigenvalue weighted by atomic mass is 9.87. The van der Waals surface area contributed by atoms with Crippen LogP contribution in [0, 0.1) is 11.6 Å². The van der Waals surface area contributed by atoms with Crippen molar-refractivity contribution < 1.29 is 23.8 Å². The van der Waals surface area contributed by atoms with Gasteiger partial charge in [0.2, 0.25) is 5.91 Å². The zero-order valence-electron chi connectivity index (χ0n) is 16.3. The van der Waals surface area contributed by atoms with Gasteiger partial charge in [0, 0.05) is 12.2 Å². The minimum absolute atomic E-state index is 0. The average molecular weight is 447 g/mol. The van der Waals surface area contributed by atoms with E-state index in [4.69, 9.17) is 0 Å². The van der Waals surface area contributed by atoms with E-state index in [0.717, 1.165) is 5.56 Å². The summed E-state index contributed by atoms with van der Waals surface area (Å²) in [5, 5.41) is 23.1. The first kappa shape index (κ1) is 22.7. The highest BCUT2D eigenvalue weighted by Crippen LogP contribution is 2.39. The third kappa shape index (κ3) is 4.69. The number of aromatic hydroxyl groups is 1. The predicted molar refractivity (Wildman–Crippen MR) is 115 cm³/mol. The van der Waals surface area contributed by atoms with Crippen molar-refractivity contribution in [2.75, 3.05) is 11.4 Å². The first-order valence-electron chi connectivity index (χ1n) is 9.48. The van der Waals surface area contributed by atoms with Crippen molar-refractivity contribution in [2.24, 2.45) is 0 Å². The molecule has 0 aliphatic carbocycles. The van der Waals surface area contributed by atoms with E-state index in [1.165, 1.54) is 60.7 Å². The number of β-lactam (4-membered cyclic amide) rings is 1. The number of carbonyl (C=O) groups is 1. The van der Waals surface area contributed by atoms with E-state index in [0.29, 0.717) is 11.3 Å². The summed E-state index contributed by atoms with van der Waals surface area (Å²) in [6, 6.07) is 16.6. The van der Waals surface area contributed by atoms with E-state index in [9.17, 15) is 23.8 Å². The molecule has 1 amide bonds. The first-order valence-corrected chi connectivity index (χ1v) is 9.48. The SMILES string of the molecule is Cl.O=C1[C@H](NC[C@H](O)c2ccc(F)cc2)[C@@H](c2ccc(O)cc2)N1c1ccc(F)cc1. The van der Waals surface area contributed by atoms with Crippen LogP contribution in [0.5, 0.6) is 5.75 Å². The van der Waals surface area contributed by atoms with Crippen molar-refractivity contribution in [3.63, 3.8) is 0 Å². The van der Waals surface area contributed by atoms with Crippen molar-refractivity contribution >= 4 is 24.0 Å². The van der Waals surface area contributed by atoms with E-state index in [2.05, 4.69) is 5.32 Å². The molecule has 1 aliphatic heterocycles. The predicted octanol–water partition coefficient (Wildman–Crippen LogP) is 3.87. The van der Waals surface area contributed by atoms with Crippen molar-refractivity contribution in [3.8, 4) is 5.75 Å². The molecule has 3 aromatic carbocycles. The standard InChI is InChI=1S/C23H20F2N2O3.ClH/c24-16-5-1-14(2-6-16)20(29)13-26-21-22(15-3-11-19(28)12-4-15)27(23(21)30)18-9-7-17(25)8-10-18;/h1-12,20-22,26,28-29H,13H2;1H/t20-,21+,22+;/m0./s1. The van der Waals surface area contributed by atoms with Crippen LogP contribution >= 0.6 is 12.4 Å². The molecule has 31 heavy (non-hydrogen) atoms. The van der Waals surface area contributed by atoms with E-state index in [1.807, 2.05) is 0 Å². The maximum Gasteiger partial charge on any atom is 0.247 e. The van der Waals surface area contributed by atoms with Gasteiger partial charge >= 0.3 is 0 Å². The van der Waals surface area contributed by atoms with Crippen LogP contribution in [0.15, 0.2) is 72.8 Å². The van der Waals surface area contributed by atoms with E-state index in [1.54, 1.807) is 17.0 Å². The van der Waals surface area contributed by atoms with Gasteiger partial charge in [0.25, 0.3) is 0 Å². The number of rotatable bonds is 6. The van der Waals surface area contributed by atoms with Crippen molar-refractivity contribution in [1.29, 1.82) is 0 Å². The Hall–Kier alpha value is -3.00. The third-order valence-electron chi connectivity index (χ3n) is 5.22. The van der Waals surface area contributed by atoms with E-state index in [-0.39, 0.29) is 30.6 Å². The maximum atomic E-state index is 13.3. The number of amides is 1. The first-order chi connectivity index (χ1) is 14.4. The molecule has 0 radical (unpaired) electrons. The van der Waals surface area contributed by atoms with Gasteiger partial charge in [-0.1, -0.05) is 24.3 Å². The fourth-order valence-electron chi connectivity index (χ4n) is 3.63. The second-order valence-corrected chi connectivity index (χ2v) is 7.17. The minimum atomic E-state index is -0.918. The molecular formula is C23H21ClF2N2O3. The van der Waals surface area contributed by atoms with Gasteiger partial charge in [0.15, 0.2) is 0 Å². The minimum Gasteiger partial charge on any atom is -0.508 e. The Morgan fingerprint density at radius 1 is 0.903 bits per heavy atom. The lowest BCUT2D eigenvalue weighted by molar-refractivity contribution is -0.127. The summed E-state index contributed by atoms with van der Waals surface area (Å²) in [5.74, 6) is -0.902. The van der Waals surface area contributed by atoms with Gasteiger partial charge in [-0.2, -0.15) is 0 Å². The van der Waals surface area contributed by atoms with Gasteiger partial charge in [-0.15, -0.1) is 12.4 Å². The van der Waals surface area contributed by atoms with Crippen LogP contribution in [-0.2, 0) is 4.79 Å². The van der Waals surface area contributed by atoms with Gasteiger partial charge in [-0.3, -0.25) is 4.79 Å². The number of halogens is 3. The number of aliphatic hydroxyl groups excluding tert-OH is 1. The molecule has 8 heteroatoms. The Labute approximate surface area is 184 Å². The molecule has 3 atom stereocenters. The molecule has 162 valence electrons. The summed E-state index contributed by atoms with van der Waals surface area (Å²) in [5.41, 5.74) is 1.87. The molecule has 0 bridgehead atoms. The Balaban J connectivity index is 0.00000272. The fraction of sp³-hybridized carbons (Fsp3) is 0.174. The van der Waals surface area contributed by atoms with E-state index >= 15 is 0 Å². The number of benzene rings is 3. The number of phenolic OH excluding ortho intramolecular Hbond substituents is 1. The Bertz CT molecular complexity index is 1030. The molecule has 1 heterocycles. The number of nitrogens with zero attached hydrogens (tertiary/aromatic N) is 1. The molecule has 1 fully saturated rings. The Morgan fingerprint density at radius 3 is 2.03 bits per heavy atom. The molecule has 5 nitrogen and oxygen atoms in total. The maximum absolute atomic E-state index is 13.3. The van der Waals surface area contributed by atoms with Gasteiger partial charge in [-0.25, -0.2) is 8.78 Å². The second-order valence-electron chi connectivity index (χ2n) is 7.17. The highest BCUT2D eigenvalue weighted by molar-refractivity contribution is 6.05. The Kier molecular flexibility index (Phi) is 6.90. The number of hydrogen-bond acceptors (Lipinski definition) is 4. The molecule has 1 aliphatic rings. The van der Waals surface area contributed by atoms with Crippen LogP contribution in [0.25, 0.3) is 0 Å². The van der Waals surface area contributed by atoms with Crippen molar-refractivity contribution in [2.45, 2.75) is 18.2 Å². The number of nitrogens with one attached hydrogen (secondary N) is 1. The number of carbonyl (C=O) groups excluding carboxylic acids is 1. The van der Waals surface area contributed by atoms with Gasteiger partial charge in [-0.05, 0) is 59.7 Å². The monoisotopic (exact) mass is 446 g/mol. The number of phenols is 1. The van der Waals surface area contributed by atoms with Crippen molar-refractivity contribution in [3.05, 3.63) is 95.6 Å². The van der Waals surface area contributed by atoms with Gasteiger partial charge in [0.05, 0.1) is 12.1 Å². The van der Waals surface area contributed by atoms with Crippen LogP contribution in [0.4, 0.5) is 14.5 Å². The Morgan fingerprint density at radius 2 is 1.45 bits per heavy atom. The molecule has 0 saturated carbocycles. The van der Waals surface area contributed by atoms with Crippen LogP contribution in [0.3, 0.4) is 0 Å². The smallest absolute Gasteiger partial charge is 0.247 e. The molecule has 4 rings (SSSR count). The topological polar surface area (TPSA) is 72.8 Å². The zero-order valence-corrected chi connectivity index (χ0v) is 17.1. The lowest BCUT2D eigenvalue weighted by Gasteiger charge is -2.48. The highest BCUT2D eigenvalue weighted by atomic mass is 35.5. The summed E-state index contributed by atoms with van der Waals surface area (Å²) < 4.78 is 26.4. The normalized spacial score (nSPS) is 18.8. The largest absolute Gasteiger partial charge is 0.508 e. The molecule has 3 aromatic rings. The van der Waals surface area contributed by atoms with Crippen molar-refractivity contribution in [1.82, 2.24) is 5.32 Å². The molecule has 0 unspecified atom stereocenters. The average Bonchev–Trinajstić information content (AvgIpc) is 2.74. The summed E-state index contributed by atoms with van der Waals surface area (Å²) in [6.07, 6.45) is -0.918. The molecule has 0 aromatic heterocycles. The number of anilines is 1. The van der Waals surface area contributed by atoms with Crippen LogP contribution < -0.4 is 10.2 Å². The summed E-state index contributed by atoms with van der Waals surface area (Å²) in [4.78, 5) is 14.4. The van der Waals surface area contributed by atoms with Crippen LogP contribution in [0.2, 0.25) is 0 Å². The quantitative estimate of drug-likeness (QED) is 0.503. The lowest BCUT2D eigenvalue weighted by Crippen LogP contribution is -2.65. The van der Waals surface area contributed by atoms with Crippen LogP contribution in [-0.4, -0.2) is 28.7 Å². The summed E-state index contributed by atoms with van der Waals surface area (Å²) >= 11 is 0. The molecular weight excluding hydrogens is 426 g/mol. The number of aliphatic hydroxyl groups is 1. The third-order valence-corrected chi connectivity index (χ3v) is 5.22. The summed E-state index contributed by atoms with van der Waals surface area (Å²) in [7, 11) is 0. The van der Waals surface area contributed by atoms with Crippen LogP contribution in [0.1, 0.15) is 23.3 Å². The number of hydrogen-bond donors (Lipinski definition) is 3. The van der Waals surface area contributed by atoms with Gasteiger partial charge < -0.3 is 20.4 Å². The zero-order chi connectivity index (χ0) is 21.3. The van der Waals surface area contributed by atoms with E-state index < -0.39 is 29.8 Å². The molecule has 0 spiro atoms. The highest BCUT2D eigenvalue weighted by Gasteiger charge is 2.48. The second kappa shape index (κ2) is 9.43. The molecule has 1 saturated heterocycles. The van der Waals surface area contributed by atoms with Gasteiger partial charge in [0.1, 0.15) is 23.4 Å².